The fourth-order valence-corrected chi connectivity index (χ4v) is 7.64. The summed E-state index contributed by atoms with van der Waals surface area (Å²) in [5.41, 5.74) is 0. The van der Waals surface area contributed by atoms with E-state index in [0.29, 0.717) is 19.3 Å². The van der Waals surface area contributed by atoms with Crippen molar-refractivity contribution in [2.24, 2.45) is 0 Å². The molecule has 0 aromatic carbocycles. The van der Waals surface area contributed by atoms with Gasteiger partial charge in [-0.15, -0.1) is 0 Å². The molecule has 0 saturated heterocycles. The molecule has 3 N–H and O–H groups in total. The highest BCUT2D eigenvalue weighted by Crippen LogP contribution is 2.16. The van der Waals surface area contributed by atoms with Gasteiger partial charge in [0, 0.05) is 19.3 Å². The lowest BCUT2D eigenvalue weighted by atomic mass is 10.0. The predicted octanol–water partition coefficient (Wildman–Crippen LogP) is 18.8. The predicted molar refractivity (Wildman–Crippen MR) is 261 cm³/mol. The third kappa shape index (κ3) is 70.7. The molecule has 6 heteroatoms. The van der Waals surface area contributed by atoms with Gasteiger partial charge in [-0.2, -0.15) is 0 Å². The van der Waals surface area contributed by atoms with Crippen LogP contribution in [0.5, 0.6) is 0 Å². The van der Waals surface area contributed by atoms with E-state index in [-0.39, 0.29) is 0 Å². The molecule has 0 amide bonds. The smallest absolute Gasteiger partial charge is 0.303 e. The topological polar surface area (TPSA) is 112 Å². The Morgan fingerprint density at radius 1 is 0.250 bits per heavy atom. The van der Waals surface area contributed by atoms with Gasteiger partial charge >= 0.3 is 17.9 Å². The van der Waals surface area contributed by atoms with Crippen LogP contribution in [0.1, 0.15) is 316 Å². The largest absolute Gasteiger partial charge is 0.481 e. The first-order valence-electron chi connectivity index (χ1n) is 26.6. The number of hydrogen-bond acceptors (Lipinski definition) is 3. The van der Waals surface area contributed by atoms with Crippen molar-refractivity contribution in [1.29, 1.82) is 0 Å². The zero-order chi connectivity index (χ0) is 44.7. The van der Waals surface area contributed by atoms with Crippen molar-refractivity contribution >= 4 is 17.9 Å². The van der Waals surface area contributed by atoms with Gasteiger partial charge in [0.05, 0.1) is 0 Å². The molecule has 358 valence electrons. The summed E-state index contributed by atoms with van der Waals surface area (Å²) in [5.74, 6) is -1.97. The number of carboxylic acid groups (broad SMARTS) is 3. The number of carbonyl (C=O) groups is 3. The molecule has 0 heterocycles. The van der Waals surface area contributed by atoms with Crippen LogP contribution in [-0.4, -0.2) is 33.2 Å². The second-order valence-electron chi connectivity index (χ2n) is 17.9. The van der Waals surface area contributed by atoms with E-state index >= 15 is 0 Å². The Balaban J connectivity index is -0.000000812. The Morgan fingerprint density at radius 2 is 0.400 bits per heavy atom. The maximum Gasteiger partial charge on any atom is 0.303 e. The summed E-state index contributed by atoms with van der Waals surface area (Å²) in [6.07, 6.45) is 61.6. The van der Waals surface area contributed by atoms with Crippen molar-refractivity contribution in [3.63, 3.8) is 0 Å². The minimum atomic E-state index is -0.664. The Hall–Kier alpha value is -1.85. The van der Waals surface area contributed by atoms with Crippen LogP contribution in [0.15, 0.2) is 12.2 Å². The van der Waals surface area contributed by atoms with Crippen LogP contribution in [-0.2, 0) is 14.4 Å². The fourth-order valence-electron chi connectivity index (χ4n) is 7.64. The van der Waals surface area contributed by atoms with Crippen LogP contribution in [0.25, 0.3) is 0 Å². The van der Waals surface area contributed by atoms with E-state index in [4.69, 9.17) is 15.3 Å². The molecule has 0 rings (SSSR count). The van der Waals surface area contributed by atoms with Gasteiger partial charge < -0.3 is 15.3 Å². The van der Waals surface area contributed by atoms with Crippen molar-refractivity contribution in [3.8, 4) is 0 Å². The van der Waals surface area contributed by atoms with E-state index in [1.54, 1.807) is 0 Å². The van der Waals surface area contributed by atoms with E-state index in [9.17, 15) is 14.4 Å². The molecule has 0 saturated carbocycles. The molecular formula is C54H106O6. The van der Waals surface area contributed by atoms with Crippen LogP contribution in [0, 0.1) is 0 Å². The van der Waals surface area contributed by atoms with Crippen LogP contribution < -0.4 is 0 Å². The van der Waals surface area contributed by atoms with Gasteiger partial charge in [0.25, 0.3) is 0 Å². The SMILES string of the molecule is CCCCCCCC/C=C\CCCCCCCC(=O)O.CCCCCCCCCCCCCCCCCC(=O)O.CCCCCCCCCCCCCCCCCC(=O)O. The van der Waals surface area contributed by atoms with Crippen molar-refractivity contribution in [2.45, 2.75) is 316 Å². The third-order valence-electron chi connectivity index (χ3n) is 11.6. The molecule has 0 aliphatic heterocycles. The number of unbranched alkanes of at least 4 members (excludes halogenated alkanes) is 39. The van der Waals surface area contributed by atoms with Crippen molar-refractivity contribution < 1.29 is 29.7 Å². The van der Waals surface area contributed by atoms with E-state index in [0.717, 1.165) is 38.5 Å². The van der Waals surface area contributed by atoms with Crippen LogP contribution in [0.3, 0.4) is 0 Å². The second kappa shape index (κ2) is 59.2. The molecule has 0 aliphatic carbocycles. The van der Waals surface area contributed by atoms with Gasteiger partial charge in [0.15, 0.2) is 0 Å². The lowest BCUT2D eigenvalue weighted by Crippen LogP contribution is -1.93. The number of aliphatic carboxylic acids is 3. The molecule has 0 aliphatic rings. The third-order valence-corrected chi connectivity index (χ3v) is 11.6. The fraction of sp³-hybridized carbons (Fsp3) is 0.907. The van der Waals surface area contributed by atoms with Gasteiger partial charge in [0.2, 0.25) is 0 Å². The van der Waals surface area contributed by atoms with E-state index in [2.05, 4.69) is 32.9 Å². The maximum absolute atomic E-state index is 10.3. The van der Waals surface area contributed by atoms with Crippen molar-refractivity contribution in [2.75, 3.05) is 0 Å². The molecule has 6 nitrogen and oxygen atoms in total. The van der Waals surface area contributed by atoms with Crippen molar-refractivity contribution in [3.05, 3.63) is 12.2 Å². The summed E-state index contributed by atoms with van der Waals surface area (Å²) in [5, 5.41) is 25.5. The minimum Gasteiger partial charge on any atom is -0.481 e. The van der Waals surface area contributed by atoms with Gasteiger partial charge in [-0.05, 0) is 44.9 Å². The average molecular weight is 851 g/mol. The van der Waals surface area contributed by atoms with E-state index < -0.39 is 17.9 Å². The summed E-state index contributed by atoms with van der Waals surface area (Å²) in [6, 6.07) is 0. The Labute approximate surface area is 374 Å². The average Bonchev–Trinajstić information content (AvgIpc) is 3.22. The van der Waals surface area contributed by atoms with Crippen LogP contribution >= 0.6 is 0 Å². The lowest BCUT2D eigenvalue weighted by Gasteiger charge is -2.03. The summed E-state index contributed by atoms with van der Waals surface area (Å²) in [6.45, 7) is 6.80. The summed E-state index contributed by atoms with van der Waals surface area (Å²) in [7, 11) is 0. The van der Waals surface area contributed by atoms with E-state index in [1.807, 2.05) is 0 Å². The first-order chi connectivity index (χ1) is 29.3. The molecule has 0 bridgehead atoms. The molecule has 0 fully saturated rings. The number of rotatable bonds is 47. The molecule has 0 spiro atoms. The summed E-state index contributed by atoms with van der Waals surface area (Å²) < 4.78 is 0. The van der Waals surface area contributed by atoms with E-state index in [1.165, 1.54) is 238 Å². The Kier molecular flexibility index (Phi) is 61.7. The number of hydrogen-bond donors (Lipinski definition) is 3. The summed E-state index contributed by atoms with van der Waals surface area (Å²) >= 11 is 0. The van der Waals surface area contributed by atoms with Crippen molar-refractivity contribution in [1.82, 2.24) is 0 Å². The normalized spacial score (nSPS) is 11.0. The number of allylic oxidation sites excluding steroid dienone is 2. The highest BCUT2D eigenvalue weighted by atomic mass is 16.4. The zero-order valence-corrected chi connectivity index (χ0v) is 40.7. The Morgan fingerprint density at radius 3 is 0.567 bits per heavy atom. The number of carboxylic acids is 3. The molecule has 0 aromatic heterocycles. The summed E-state index contributed by atoms with van der Waals surface area (Å²) in [4.78, 5) is 31.0. The molecule has 0 radical (unpaired) electrons. The molecule has 0 aromatic rings. The van der Waals surface area contributed by atoms with Gasteiger partial charge in [0.1, 0.15) is 0 Å². The second-order valence-corrected chi connectivity index (χ2v) is 17.9. The molecule has 0 unspecified atom stereocenters. The zero-order valence-electron chi connectivity index (χ0n) is 40.7. The highest BCUT2D eigenvalue weighted by molar-refractivity contribution is 5.67. The minimum absolute atomic E-state index is 0.332. The monoisotopic (exact) mass is 851 g/mol. The van der Waals surface area contributed by atoms with Gasteiger partial charge in [-0.3, -0.25) is 14.4 Å². The first-order valence-corrected chi connectivity index (χ1v) is 26.6. The van der Waals surface area contributed by atoms with Gasteiger partial charge in [-0.25, -0.2) is 0 Å². The van der Waals surface area contributed by atoms with Gasteiger partial charge in [-0.1, -0.05) is 264 Å². The van der Waals surface area contributed by atoms with Crippen LogP contribution in [0.4, 0.5) is 0 Å². The maximum atomic E-state index is 10.3. The molecule has 60 heavy (non-hydrogen) atoms. The highest BCUT2D eigenvalue weighted by Gasteiger charge is 1.99. The Bertz CT molecular complexity index is 811. The molecular weight excluding hydrogens is 745 g/mol. The standard InChI is InChI=1S/2C18H36O2.C18H34O2/c3*1-2-3-4-5-6-7-8-9-10-11-12-13-14-15-16-17-18(19)20/h2*2-17H2,1H3,(H,19,20);9-10H,2-8,11-17H2,1H3,(H,19,20)/b;;10-9-. The lowest BCUT2D eigenvalue weighted by molar-refractivity contribution is -0.138. The molecule has 0 atom stereocenters. The first kappa shape index (κ1) is 62.4. The van der Waals surface area contributed by atoms with Crippen LogP contribution in [0.2, 0.25) is 0 Å². The quantitative estimate of drug-likeness (QED) is 0.0415.